The first-order valence-corrected chi connectivity index (χ1v) is 10.2. The molecule has 0 atom stereocenters. The van der Waals surface area contributed by atoms with Gasteiger partial charge in [0.15, 0.2) is 5.82 Å². The number of aryl methyl sites for hydroxylation is 1. The molecule has 0 radical (unpaired) electrons. The van der Waals surface area contributed by atoms with E-state index in [0.717, 1.165) is 17.0 Å². The van der Waals surface area contributed by atoms with Gasteiger partial charge in [0.1, 0.15) is 11.4 Å². The fourth-order valence-corrected chi connectivity index (χ4v) is 3.16. The highest BCUT2D eigenvalue weighted by Gasteiger charge is 2.28. The SMILES string of the molecule is Cc1ccc(OCCCC(=O)Nc2n[nH]c3c2CCN(C(=O)OC(C)(C)C)C3)cc1. The van der Waals surface area contributed by atoms with Gasteiger partial charge in [-0.3, -0.25) is 9.89 Å². The van der Waals surface area contributed by atoms with Crippen LogP contribution < -0.4 is 10.1 Å². The summed E-state index contributed by atoms with van der Waals surface area (Å²) < 4.78 is 11.1. The van der Waals surface area contributed by atoms with Gasteiger partial charge in [-0.15, -0.1) is 0 Å². The highest BCUT2D eigenvalue weighted by atomic mass is 16.6. The van der Waals surface area contributed by atoms with E-state index in [2.05, 4.69) is 15.5 Å². The van der Waals surface area contributed by atoms with Crippen molar-refractivity contribution in [3.05, 3.63) is 41.1 Å². The summed E-state index contributed by atoms with van der Waals surface area (Å²) >= 11 is 0. The van der Waals surface area contributed by atoms with E-state index in [1.807, 2.05) is 52.0 Å². The topological polar surface area (TPSA) is 96.5 Å². The van der Waals surface area contributed by atoms with Gasteiger partial charge in [-0.05, 0) is 52.7 Å². The lowest BCUT2D eigenvalue weighted by Crippen LogP contribution is -2.39. The van der Waals surface area contributed by atoms with E-state index in [1.54, 1.807) is 4.90 Å². The van der Waals surface area contributed by atoms with Gasteiger partial charge in [0.05, 0.1) is 18.8 Å². The molecule has 0 bridgehead atoms. The summed E-state index contributed by atoms with van der Waals surface area (Å²) in [4.78, 5) is 26.2. The van der Waals surface area contributed by atoms with Crippen molar-refractivity contribution in [3.8, 4) is 5.75 Å². The minimum absolute atomic E-state index is 0.105. The molecule has 1 aliphatic rings. The number of fused-ring (bicyclic) bond motifs is 1. The van der Waals surface area contributed by atoms with Crippen LogP contribution in [0.3, 0.4) is 0 Å². The zero-order valence-electron chi connectivity index (χ0n) is 18.1. The Balaban J connectivity index is 1.45. The van der Waals surface area contributed by atoms with Gasteiger partial charge < -0.3 is 19.7 Å². The molecule has 2 N–H and O–H groups in total. The van der Waals surface area contributed by atoms with Crippen molar-refractivity contribution in [1.29, 1.82) is 0 Å². The average Bonchev–Trinajstić information content (AvgIpc) is 3.07. The maximum atomic E-state index is 12.3. The van der Waals surface area contributed by atoms with Crippen LogP contribution in [0.4, 0.5) is 10.6 Å². The first-order valence-electron chi connectivity index (χ1n) is 10.2. The summed E-state index contributed by atoms with van der Waals surface area (Å²) in [5.74, 6) is 1.24. The second-order valence-electron chi connectivity index (χ2n) is 8.49. The highest BCUT2D eigenvalue weighted by molar-refractivity contribution is 5.90. The Bertz CT molecular complexity index is 884. The molecule has 0 saturated carbocycles. The Morgan fingerprint density at radius 2 is 1.97 bits per heavy atom. The smallest absolute Gasteiger partial charge is 0.410 e. The molecule has 2 aromatic rings. The molecule has 8 heteroatoms. The highest BCUT2D eigenvalue weighted by Crippen LogP contribution is 2.25. The van der Waals surface area contributed by atoms with Crippen LogP contribution in [0.1, 0.15) is 50.4 Å². The first-order chi connectivity index (χ1) is 14.2. The van der Waals surface area contributed by atoms with Crippen molar-refractivity contribution < 1.29 is 19.1 Å². The zero-order valence-corrected chi connectivity index (χ0v) is 18.1. The second kappa shape index (κ2) is 9.19. The summed E-state index contributed by atoms with van der Waals surface area (Å²) in [5.41, 5.74) is 2.41. The van der Waals surface area contributed by atoms with E-state index >= 15 is 0 Å². The summed E-state index contributed by atoms with van der Waals surface area (Å²) in [6, 6.07) is 7.83. The van der Waals surface area contributed by atoms with Gasteiger partial charge in [-0.25, -0.2) is 4.79 Å². The molecule has 0 aliphatic carbocycles. The minimum Gasteiger partial charge on any atom is -0.494 e. The number of aromatic nitrogens is 2. The van der Waals surface area contributed by atoms with Crippen LogP contribution in [-0.4, -0.2) is 45.9 Å². The van der Waals surface area contributed by atoms with Gasteiger partial charge in [-0.1, -0.05) is 17.7 Å². The van der Waals surface area contributed by atoms with Gasteiger partial charge in [0.25, 0.3) is 0 Å². The van der Waals surface area contributed by atoms with Crippen LogP contribution >= 0.6 is 0 Å². The number of carbonyl (C=O) groups excluding carboxylic acids is 2. The van der Waals surface area contributed by atoms with E-state index in [9.17, 15) is 9.59 Å². The molecule has 3 rings (SSSR count). The van der Waals surface area contributed by atoms with Crippen LogP contribution in [0.5, 0.6) is 5.75 Å². The molecule has 8 nitrogen and oxygen atoms in total. The van der Waals surface area contributed by atoms with Gasteiger partial charge >= 0.3 is 6.09 Å². The van der Waals surface area contributed by atoms with Crippen molar-refractivity contribution in [2.45, 2.75) is 59.1 Å². The van der Waals surface area contributed by atoms with Crippen molar-refractivity contribution >= 4 is 17.8 Å². The van der Waals surface area contributed by atoms with Crippen LogP contribution in [0, 0.1) is 6.92 Å². The van der Waals surface area contributed by atoms with E-state index in [4.69, 9.17) is 9.47 Å². The molecule has 2 heterocycles. The maximum absolute atomic E-state index is 12.3. The molecule has 1 aliphatic heterocycles. The van der Waals surface area contributed by atoms with E-state index in [-0.39, 0.29) is 12.0 Å². The van der Waals surface area contributed by atoms with Gasteiger partial charge in [0.2, 0.25) is 5.91 Å². The molecule has 2 amide bonds. The third-order valence-electron chi connectivity index (χ3n) is 4.68. The molecular formula is C22H30N4O4. The molecule has 0 spiro atoms. The van der Waals surface area contributed by atoms with Crippen molar-refractivity contribution in [1.82, 2.24) is 15.1 Å². The number of hydrogen-bond donors (Lipinski definition) is 2. The van der Waals surface area contributed by atoms with Crippen LogP contribution in [-0.2, 0) is 22.5 Å². The fourth-order valence-electron chi connectivity index (χ4n) is 3.16. The second-order valence-corrected chi connectivity index (χ2v) is 8.49. The lowest BCUT2D eigenvalue weighted by Gasteiger charge is -2.29. The standard InChI is InChI=1S/C22H30N4O4/c1-15-7-9-16(10-8-15)29-13-5-6-19(27)23-20-17-11-12-26(14-18(17)24-25-20)21(28)30-22(2,3)4/h7-10H,5-6,11-14H2,1-4H3,(H2,23,24,25,27). The van der Waals surface area contributed by atoms with Crippen LogP contribution in [0.25, 0.3) is 0 Å². The maximum Gasteiger partial charge on any atom is 0.410 e. The minimum atomic E-state index is -0.534. The van der Waals surface area contributed by atoms with E-state index in [0.29, 0.717) is 44.8 Å². The van der Waals surface area contributed by atoms with E-state index in [1.165, 1.54) is 5.56 Å². The average molecular weight is 415 g/mol. The number of ether oxygens (including phenoxy) is 2. The lowest BCUT2D eigenvalue weighted by atomic mass is 10.1. The summed E-state index contributed by atoms with van der Waals surface area (Å²) in [7, 11) is 0. The number of benzene rings is 1. The molecule has 0 unspecified atom stereocenters. The Morgan fingerprint density at radius 1 is 1.23 bits per heavy atom. The molecule has 162 valence electrons. The zero-order chi connectivity index (χ0) is 21.7. The quantitative estimate of drug-likeness (QED) is 0.701. The normalized spacial score (nSPS) is 13.5. The lowest BCUT2D eigenvalue weighted by molar-refractivity contribution is -0.116. The number of rotatable bonds is 6. The summed E-state index contributed by atoms with van der Waals surface area (Å²) in [6.45, 7) is 8.94. The number of aromatic amines is 1. The summed E-state index contributed by atoms with van der Waals surface area (Å²) in [6.07, 6.45) is 1.22. The summed E-state index contributed by atoms with van der Waals surface area (Å²) in [5, 5.41) is 10.0. The number of amides is 2. The monoisotopic (exact) mass is 414 g/mol. The third-order valence-corrected chi connectivity index (χ3v) is 4.68. The number of hydrogen-bond acceptors (Lipinski definition) is 5. The van der Waals surface area contributed by atoms with E-state index < -0.39 is 5.60 Å². The van der Waals surface area contributed by atoms with Gasteiger partial charge in [-0.2, -0.15) is 5.10 Å². The van der Waals surface area contributed by atoms with Crippen molar-refractivity contribution in [3.63, 3.8) is 0 Å². The van der Waals surface area contributed by atoms with Crippen molar-refractivity contribution in [2.75, 3.05) is 18.5 Å². The van der Waals surface area contributed by atoms with Crippen LogP contribution in [0.15, 0.2) is 24.3 Å². The molecule has 1 aromatic carbocycles. The molecule has 1 aromatic heterocycles. The Morgan fingerprint density at radius 3 is 2.67 bits per heavy atom. The molecule has 0 fully saturated rings. The molecule has 30 heavy (non-hydrogen) atoms. The third kappa shape index (κ3) is 5.98. The van der Waals surface area contributed by atoms with Crippen LogP contribution in [0.2, 0.25) is 0 Å². The Labute approximate surface area is 176 Å². The number of nitrogens with one attached hydrogen (secondary N) is 2. The predicted octanol–water partition coefficient (Wildman–Crippen LogP) is 3.81. The first kappa shape index (κ1) is 21.7. The number of carbonyl (C=O) groups is 2. The fraction of sp³-hybridized carbons (Fsp3) is 0.500. The Hall–Kier alpha value is -3.03. The number of anilines is 1. The largest absolute Gasteiger partial charge is 0.494 e. The molecule has 0 saturated heterocycles. The predicted molar refractivity (Wildman–Crippen MR) is 113 cm³/mol. The number of nitrogens with zero attached hydrogens (tertiary/aromatic N) is 2. The number of H-pyrrole nitrogens is 1. The van der Waals surface area contributed by atoms with Gasteiger partial charge in [0, 0.05) is 18.5 Å². The van der Waals surface area contributed by atoms with Crippen molar-refractivity contribution in [2.24, 2.45) is 0 Å². The Kier molecular flexibility index (Phi) is 6.64. The molecular weight excluding hydrogens is 384 g/mol.